The monoisotopic (exact) mass is 344 g/mol. The average molecular weight is 344 g/mol. The second-order valence-corrected chi connectivity index (χ2v) is 7.22. The van der Waals surface area contributed by atoms with Crippen LogP contribution in [0, 0.1) is 0 Å². The molecule has 0 bridgehead atoms. The number of ether oxygens (including phenoxy) is 1. The molecule has 0 amide bonds. The molecule has 3 aromatic rings. The lowest BCUT2D eigenvalue weighted by atomic mass is 9.97. The van der Waals surface area contributed by atoms with Crippen LogP contribution in [0.1, 0.15) is 18.3 Å². The maximum absolute atomic E-state index is 6.06. The third-order valence-electron chi connectivity index (χ3n) is 4.32. The standard InChI is InChI=1S/C16H20N6OS/c1-16(12-8-17-21(2)9-12)11-22(5-6-23-16)10-14-18-15(20-19-14)13-4-3-7-24-13/h3-4,7-9H,5-6,10-11H2,1-2H3,(H,18,19,20)/t16-/m1/s1. The zero-order valence-electron chi connectivity index (χ0n) is 13.8. The maximum Gasteiger partial charge on any atom is 0.191 e. The lowest BCUT2D eigenvalue weighted by Crippen LogP contribution is -2.47. The summed E-state index contributed by atoms with van der Waals surface area (Å²) in [6, 6.07) is 4.04. The SMILES string of the molecule is Cn1cc([C@@]2(C)CN(Cc3nc(-c4cccs4)n[nH]3)CCO2)cn1. The number of morpholine rings is 1. The fourth-order valence-electron chi connectivity index (χ4n) is 3.05. The summed E-state index contributed by atoms with van der Waals surface area (Å²) in [4.78, 5) is 8.04. The van der Waals surface area contributed by atoms with Gasteiger partial charge in [-0.05, 0) is 18.4 Å². The minimum atomic E-state index is -0.344. The fourth-order valence-corrected chi connectivity index (χ4v) is 3.71. The van der Waals surface area contributed by atoms with Gasteiger partial charge in [0.2, 0.25) is 0 Å². The Bertz CT molecular complexity index is 810. The minimum Gasteiger partial charge on any atom is -0.368 e. The van der Waals surface area contributed by atoms with Crippen molar-refractivity contribution in [1.82, 2.24) is 29.9 Å². The van der Waals surface area contributed by atoms with Gasteiger partial charge in [0.05, 0.1) is 24.2 Å². The molecule has 1 fully saturated rings. The molecule has 0 spiro atoms. The van der Waals surface area contributed by atoms with E-state index in [-0.39, 0.29) is 5.60 Å². The van der Waals surface area contributed by atoms with Gasteiger partial charge in [-0.3, -0.25) is 14.7 Å². The van der Waals surface area contributed by atoms with E-state index >= 15 is 0 Å². The molecule has 4 rings (SSSR count). The first kappa shape index (κ1) is 15.5. The van der Waals surface area contributed by atoms with Crippen molar-refractivity contribution in [3.8, 4) is 10.7 Å². The van der Waals surface area contributed by atoms with Crippen LogP contribution in [0.2, 0.25) is 0 Å². The quantitative estimate of drug-likeness (QED) is 0.784. The summed E-state index contributed by atoms with van der Waals surface area (Å²) in [5.74, 6) is 1.65. The van der Waals surface area contributed by atoms with E-state index in [0.29, 0.717) is 6.61 Å². The van der Waals surface area contributed by atoms with Gasteiger partial charge < -0.3 is 4.74 Å². The fraction of sp³-hybridized carbons (Fsp3) is 0.438. The van der Waals surface area contributed by atoms with Crippen LogP contribution in [0.25, 0.3) is 10.7 Å². The van der Waals surface area contributed by atoms with Gasteiger partial charge in [-0.2, -0.15) is 10.2 Å². The molecule has 1 N–H and O–H groups in total. The van der Waals surface area contributed by atoms with Crippen LogP contribution in [-0.2, 0) is 23.9 Å². The van der Waals surface area contributed by atoms with Gasteiger partial charge in [-0.1, -0.05) is 6.07 Å². The number of nitrogens with zero attached hydrogens (tertiary/aromatic N) is 5. The Balaban J connectivity index is 1.47. The van der Waals surface area contributed by atoms with Gasteiger partial charge >= 0.3 is 0 Å². The Labute approximate surface area is 144 Å². The van der Waals surface area contributed by atoms with Crippen molar-refractivity contribution in [2.75, 3.05) is 19.7 Å². The lowest BCUT2D eigenvalue weighted by molar-refractivity contribution is -0.106. The van der Waals surface area contributed by atoms with Crippen LogP contribution in [0.3, 0.4) is 0 Å². The van der Waals surface area contributed by atoms with Crippen molar-refractivity contribution >= 4 is 11.3 Å². The summed E-state index contributed by atoms with van der Waals surface area (Å²) >= 11 is 1.65. The van der Waals surface area contributed by atoms with Crippen LogP contribution in [0.5, 0.6) is 0 Å². The number of H-pyrrole nitrogens is 1. The highest BCUT2D eigenvalue weighted by Gasteiger charge is 2.35. The zero-order valence-corrected chi connectivity index (χ0v) is 14.6. The van der Waals surface area contributed by atoms with Crippen LogP contribution in [0.15, 0.2) is 29.9 Å². The van der Waals surface area contributed by atoms with Crippen LogP contribution >= 0.6 is 11.3 Å². The van der Waals surface area contributed by atoms with Gasteiger partial charge in [-0.15, -0.1) is 11.3 Å². The second-order valence-electron chi connectivity index (χ2n) is 6.28. The van der Waals surface area contributed by atoms with E-state index in [1.54, 1.807) is 11.3 Å². The molecular weight excluding hydrogens is 324 g/mol. The van der Waals surface area contributed by atoms with Crippen molar-refractivity contribution in [3.63, 3.8) is 0 Å². The summed E-state index contributed by atoms with van der Waals surface area (Å²) in [6.45, 7) is 5.22. The minimum absolute atomic E-state index is 0.344. The molecule has 1 saturated heterocycles. The largest absolute Gasteiger partial charge is 0.368 e. The first-order chi connectivity index (χ1) is 11.6. The first-order valence-electron chi connectivity index (χ1n) is 7.93. The molecule has 4 heterocycles. The van der Waals surface area contributed by atoms with E-state index in [0.717, 1.165) is 41.7 Å². The molecular formula is C16H20N6OS. The van der Waals surface area contributed by atoms with Crippen molar-refractivity contribution in [2.24, 2.45) is 7.05 Å². The topological polar surface area (TPSA) is 71.9 Å². The Morgan fingerprint density at radius 3 is 3.12 bits per heavy atom. The van der Waals surface area contributed by atoms with Crippen molar-refractivity contribution in [2.45, 2.75) is 19.1 Å². The zero-order chi connectivity index (χ0) is 16.6. The third-order valence-corrected chi connectivity index (χ3v) is 5.18. The van der Waals surface area contributed by atoms with E-state index in [4.69, 9.17) is 4.74 Å². The van der Waals surface area contributed by atoms with Gasteiger partial charge in [0.1, 0.15) is 11.4 Å². The van der Waals surface area contributed by atoms with E-state index < -0.39 is 0 Å². The Morgan fingerprint density at radius 1 is 1.46 bits per heavy atom. The van der Waals surface area contributed by atoms with Crippen molar-refractivity contribution in [3.05, 3.63) is 41.3 Å². The molecule has 0 radical (unpaired) electrons. The Hall–Kier alpha value is -2.03. The molecule has 8 heteroatoms. The smallest absolute Gasteiger partial charge is 0.191 e. The number of hydrogen-bond donors (Lipinski definition) is 1. The molecule has 24 heavy (non-hydrogen) atoms. The second kappa shape index (κ2) is 6.12. The average Bonchev–Trinajstić information content (AvgIpc) is 3.27. The predicted octanol–water partition coefficient (Wildman–Crippen LogP) is 2.01. The van der Waals surface area contributed by atoms with Crippen LogP contribution in [-0.4, -0.2) is 49.6 Å². The molecule has 0 aromatic carbocycles. The Kier molecular flexibility index (Phi) is 3.95. The molecule has 0 aliphatic carbocycles. The highest BCUT2D eigenvalue weighted by atomic mass is 32.1. The number of aryl methyl sites for hydroxylation is 1. The third kappa shape index (κ3) is 3.00. The van der Waals surface area contributed by atoms with Crippen LogP contribution in [0.4, 0.5) is 0 Å². The van der Waals surface area contributed by atoms with Gasteiger partial charge in [0, 0.05) is 31.9 Å². The van der Waals surface area contributed by atoms with Gasteiger partial charge in [0.15, 0.2) is 5.82 Å². The van der Waals surface area contributed by atoms with Crippen molar-refractivity contribution in [1.29, 1.82) is 0 Å². The summed E-state index contributed by atoms with van der Waals surface area (Å²) in [6.07, 6.45) is 3.90. The van der Waals surface area contributed by atoms with E-state index in [1.165, 1.54) is 0 Å². The highest BCUT2D eigenvalue weighted by molar-refractivity contribution is 7.13. The Morgan fingerprint density at radius 2 is 2.38 bits per heavy atom. The van der Waals surface area contributed by atoms with Gasteiger partial charge in [0.25, 0.3) is 0 Å². The highest BCUT2D eigenvalue weighted by Crippen LogP contribution is 2.29. The normalized spacial score (nSPS) is 22.1. The molecule has 0 unspecified atom stereocenters. The maximum atomic E-state index is 6.06. The number of nitrogens with one attached hydrogen (secondary N) is 1. The number of thiophene rings is 1. The number of rotatable bonds is 4. The van der Waals surface area contributed by atoms with E-state index in [1.807, 2.05) is 41.6 Å². The summed E-state index contributed by atoms with van der Waals surface area (Å²) in [5, 5.41) is 13.7. The van der Waals surface area contributed by atoms with Crippen LogP contribution < -0.4 is 0 Å². The molecule has 1 aliphatic heterocycles. The van der Waals surface area contributed by atoms with E-state index in [9.17, 15) is 0 Å². The van der Waals surface area contributed by atoms with E-state index in [2.05, 4.69) is 32.1 Å². The predicted molar refractivity (Wildman–Crippen MR) is 91.5 cm³/mol. The number of aromatic amines is 1. The lowest BCUT2D eigenvalue weighted by Gasteiger charge is -2.39. The first-order valence-corrected chi connectivity index (χ1v) is 8.81. The molecule has 1 aliphatic rings. The summed E-state index contributed by atoms with van der Waals surface area (Å²) in [7, 11) is 1.92. The molecule has 1 atom stereocenters. The molecule has 3 aromatic heterocycles. The van der Waals surface area contributed by atoms with Gasteiger partial charge in [-0.25, -0.2) is 4.98 Å². The number of aromatic nitrogens is 5. The summed E-state index contributed by atoms with van der Waals surface area (Å²) in [5.41, 5.74) is 0.759. The molecule has 7 nitrogen and oxygen atoms in total. The number of hydrogen-bond acceptors (Lipinski definition) is 6. The molecule has 0 saturated carbocycles. The summed E-state index contributed by atoms with van der Waals surface area (Å²) < 4.78 is 7.87. The molecule has 126 valence electrons. The van der Waals surface area contributed by atoms with Crippen molar-refractivity contribution < 1.29 is 4.74 Å².